The van der Waals surface area contributed by atoms with E-state index in [1.807, 2.05) is 12.4 Å². The number of nitrogens with zero attached hydrogens (tertiary/aromatic N) is 8. The number of hydrogen-bond acceptors (Lipinski definition) is 10. The number of aliphatic hydroxyl groups excluding tert-OH is 2. The van der Waals surface area contributed by atoms with Gasteiger partial charge in [-0.2, -0.15) is 0 Å². The van der Waals surface area contributed by atoms with E-state index < -0.39 is 0 Å². The van der Waals surface area contributed by atoms with Crippen LogP contribution in [-0.2, 0) is 26.2 Å². The van der Waals surface area contributed by atoms with Crippen LogP contribution in [0.5, 0.6) is 0 Å². The van der Waals surface area contributed by atoms with Crippen molar-refractivity contribution in [3.8, 4) is 0 Å². The molecule has 0 spiro atoms. The van der Waals surface area contributed by atoms with Gasteiger partial charge in [0, 0.05) is 71.1 Å². The van der Waals surface area contributed by atoms with E-state index in [1.54, 1.807) is 9.36 Å². The van der Waals surface area contributed by atoms with Gasteiger partial charge in [-0.05, 0) is 19.3 Å². The molecule has 172 valence electrons. The minimum atomic E-state index is 0.134. The van der Waals surface area contributed by atoms with Crippen LogP contribution in [0.25, 0.3) is 0 Å². The maximum absolute atomic E-state index is 9.01. The maximum Gasteiger partial charge on any atom is 0.0967 e. The molecule has 0 amide bonds. The lowest BCUT2D eigenvalue weighted by Crippen LogP contribution is -2.38. The van der Waals surface area contributed by atoms with Crippen LogP contribution in [0.2, 0.25) is 0 Å². The van der Waals surface area contributed by atoms with Crippen molar-refractivity contribution in [2.75, 3.05) is 26.3 Å². The summed E-state index contributed by atoms with van der Waals surface area (Å²) in [4.78, 5) is 2.23. The standard InChI is InChI=1S/C19H34N10O2/c1-2-3-6-27-14-17(20-23-27)11-26(12-18-15-28(24-21-18)7-4-9-30)13-19-16-29(25-22-19)8-5-10-31/h14-16,20,23,30-31H,2-13H2,1H3. The molecule has 2 aromatic heterocycles. The zero-order valence-electron chi connectivity index (χ0n) is 18.2. The van der Waals surface area contributed by atoms with Crippen molar-refractivity contribution < 1.29 is 10.2 Å². The Labute approximate surface area is 182 Å². The summed E-state index contributed by atoms with van der Waals surface area (Å²) in [5, 5.41) is 37.0. The second kappa shape index (κ2) is 12.3. The third-order valence-electron chi connectivity index (χ3n) is 4.85. The highest BCUT2D eigenvalue weighted by atomic mass is 16.3. The zero-order valence-corrected chi connectivity index (χ0v) is 18.2. The fourth-order valence-corrected chi connectivity index (χ4v) is 3.30. The van der Waals surface area contributed by atoms with E-state index in [0.29, 0.717) is 45.6 Å². The van der Waals surface area contributed by atoms with Crippen molar-refractivity contribution in [1.82, 2.24) is 50.9 Å². The largest absolute Gasteiger partial charge is 0.396 e. The van der Waals surface area contributed by atoms with Gasteiger partial charge in [-0.1, -0.05) is 23.8 Å². The Morgan fingerprint density at radius 3 is 2.03 bits per heavy atom. The third kappa shape index (κ3) is 7.58. The van der Waals surface area contributed by atoms with Gasteiger partial charge in [0.1, 0.15) is 0 Å². The Morgan fingerprint density at radius 2 is 1.48 bits per heavy atom. The molecule has 1 aliphatic heterocycles. The van der Waals surface area contributed by atoms with Crippen LogP contribution < -0.4 is 11.0 Å². The SMILES string of the molecule is CCCCN1C=C(CN(Cc2cn(CCCO)nn2)Cc2cn(CCCO)nn2)NN1. The summed E-state index contributed by atoms with van der Waals surface area (Å²) in [6.07, 6.45) is 9.51. The number of aromatic nitrogens is 6. The maximum atomic E-state index is 9.01. The summed E-state index contributed by atoms with van der Waals surface area (Å²) in [7, 11) is 0. The highest BCUT2D eigenvalue weighted by molar-refractivity contribution is 5.06. The smallest absolute Gasteiger partial charge is 0.0967 e. The van der Waals surface area contributed by atoms with Crippen LogP contribution in [0.3, 0.4) is 0 Å². The predicted molar refractivity (Wildman–Crippen MR) is 114 cm³/mol. The van der Waals surface area contributed by atoms with Crippen LogP contribution in [-0.4, -0.2) is 76.4 Å². The highest BCUT2D eigenvalue weighted by Gasteiger charge is 2.17. The van der Waals surface area contributed by atoms with Gasteiger partial charge in [0.15, 0.2) is 0 Å². The average molecular weight is 435 g/mol. The first kappa shape index (κ1) is 23.1. The summed E-state index contributed by atoms with van der Waals surface area (Å²) in [6.45, 7) is 6.58. The molecule has 1 aliphatic rings. The van der Waals surface area contributed by atoms with Gasteiger partial charge in [-0.15, -0.1) is 15.7 Å². The van der Waals surface area contributed by atoms with Crippen LogP contribution in [0.15, 0.2) is 24.3 Å². The second-order valence-electron chi connectivity index (χ2n) is 7.68. The summed E-state index contributed by atoms with van der Waals surface area (Å²) in [6, 6.07) is 0. The second-order valence-corrected chi connectivity index (χ2v) is 7.68. The summed E-state index contributed by atoms with van der Waals surface area (Å²) in [5.74, 6) is 0. The van der Waals surface area contributed by atoms with E-state index in [1.165, 1.54) is 0 Å². The molecule has 0 aromatic carbocycles. The van der Waals surface area contributed by atoms with E-state index in [2.05, 4.69) is 54.6 Å². The Morgan fingerprint density at radius 1 is 0.871 bits per heavy atom. The van der Waals surface area contributed by atoms with Crippen LogP contribution in [0.1, 0.15) is 44.0 Å². The van der Waals surface area contributed by atoms with Gasteiger partial charge in [0.2, 0.25) is 0 Å². The molecular weight excluding hydrogens is 400 g/mol. The molecule has 0 fully saturated rings. The normalized spacial score (nSPS) is 13.8. The summed E-state index contributed by atoms with van der Waals surface area (Å²) in [5.41, 5.74) is 9.21. The Balaban J connectivity index is 1.64. The number of hydrogen-bond donors (Lipinski definition) is 4. The minimum absolute atomic E-state index is 0.134. The Hall–Kier alpha value is -2.54. The van der Waals surface area contributed by atoms with Crippen molar-refractivity contribution >= 4 is 0 Å². The van der Waals surface area contributed by atoms with E-state index in [-0.39, 0.29) is 13.2 Å². The summed E-state index contributed by atoms with van der Waals surface area (Å²) >= 11 is 0. The molecule has 0 bridgehead atoms. The lowest BCUT2D eigenvalue weighted by Gasteiger charge is -2.20. The number of unbranched alkanes of at least 4 members (excludes halogenated alkanes) is 1. The molecule has 0 saturated heterocycles. The zero-order chi connectivity index (χ0) is 21.9. The van der Waals surface area contributed by atoms with Crippen LogP contribution in [0, 0.1) is 0 Å². The lowest BCUT2D eigenvalue weighted by atomic mass is 10.3. The molecule has 0 saturated carbocycles. The van der Waals surface area contributed by atoms with Crippen LogP contribution in [0.4, 0.5) is 0 Å². The van der Waals surface area contributed by atoms with E-state index in [4.69, 9.17) is 10.2 Å². The van der Waals surface area contributed by atoms with Gasteiger partial charge in [-0.25, -0.2) is 0 Å². The molecule has 2 aromatic rings. The molecule has 0 atom stereocenters. The topological polar surface area (TPSA) is 132 Å². The molecule has 12 heteroatoms. The van der Waals surface area contributed by atoms with E-state index >= 15 is 0 Å². The third-order valence-corrected chi connectivity index (χ3v) is 4.85. The Kier molecular flexibility index (Phi) is 9.21. The van der Waals surface area contributed by atoms with Crippen LogP contribution >= 0.6 is 0 Å². The number of hydrazine groups is 2. The molecular formula is C19H34N10O2. The molecule has 0 radical (unpaired) electrons. The van der Waals surface area contributed by atoms with Crippen molar-refractivity contribution in [3.63, 3.8) is 0 Å². The number of nitrogens with one attached hydrogen (secondary N) is 2. The number of rotatable bonds is 15. The highest BCUT2D eigenvalue weighted by Crippen LogP contribution is 2.11. The lowest BCUT2D eigenvalue weighted by molar-refractivity contribution is 0.252. The first-order valence-electron chi connectivity index (χ1n) is 10.9. The Bertz CT molecular complexity index is 757. The first-order chi connectivity index (χ1) is 15.2. The molecule has 0 unspecified atom stereocenters. The van der Waals surface area contributed by atoms with Crippen molar-refractivity contribution in [2.45, 2.75) is 58.8 Å². The van der Waals surface area contributed by atoms with Gasteiger partial charge in [-0.3, -0.25) is 19.3 Å². The molecule has 4 N–H and O–H groups in total. The monoisotopic (exact) mass is 434 g/mol. The first-order valence-corrected chi connectivity index (χ1v) is 10.9. The quantitative estimate of drug-likeness (QED) is 0.294. The van der Waals surface area contributed by atoms with Gasteiger partial charge >= 0.3 is 0 Å². The van der Waals surface area contributed by atoms with Crippen molar-refractivity contribution in [2.24, 2.45) is 0 Å². The van der Waals surface area contributed by atoms with Crippen molar-refractivity contribution in [3.05, 3.63) is 35.7 Å². The number of aliphatic hydroxyl groups is 2. The van der Waals surface area contributed by atoms with Gasteiger partial charge in [0.25, 0.3) is 0 Å². The van der Waals surface area contributed by atoms with E-state index in [0.717, 1.165) is 36.5 Å². The molecule has 3 rings (SSSR count). The van der Waals surface area contributed by atoms with E-state index in [9.17, 15) is 0 Å². The molecule has 0 aliphatic carbocycles. The average Bonchev–Trinajstić information content (AvgIpc) is 3.51. The van der Waals surface area contributed by atoms with Crippen molar-refractivity contribution in [1.29, 1.82) is 0 Å². The van der Waals surface area contributed by atoms with Gasteiger partial charge in [0.05, 0.1) is 17.1 Å². The molecule has 31 heavy (non-hydrogen) atoms. The summed E-state index contributed by atoms with van der Waals surface area (Å²) < 4.78 is 3.52. The fourth-order valence-electron chi connectivity index (χ4n) is 3.30. The fraction of sp³-hybridized carbons (Fsp3) is 0.684. The van der Waals surface area contributed by atoms with Gasteiger partial charge < -0.3 is 15.6 Å². The minimum Gasteiger partial charge on any atom is -0.396 e. The molecule has 3 heterocycles. The molecule has 12 nitrogen and oxygen atoms in total. The predicted octanol–water partition coefficient (Wildman–Crippen LogP) is -0.397. The number of aryl methyl sites for hydroxylation is 2.